The molecule has 10 heteroatoms. The third kappa shape index (κ3) is 4.35. The van der Waals surface area contributed by atoms with Crippen LogP contribution in [-0.2, 0) is 9.53 Å². The Kier molecular flexibility index (Phi) is 6.81. The number of furan rings is 1. The van der Waals surface area contributed by atoms with Crippen LogP contribution in [0.4, 0.5) is 5.88 Å². The molecule has 178 valence electrons. The molecule has 0 N–H and O–H groups in total. The third-order valence-electron chi connectivity index (χ3n) is 5.32. The van der Waals surface area contributed by atoms with E-state index in [0.29, 0.717) is 38.0 Å². The number of thiazole rings is 1. The van der Waals surface area contributed by atoms with E-state index in [9.17, 15) is 9.59 Å². The fourth-order valence-electron chi connectivity index (χ4n) is 3.77. The zero-order chi connectivity index (χ0) is 24.6. The number of anilines is 1. The van der Waals surface area contributed by atoms with Gasteiger partial charge in [0.25, 0.3) is 5.56 Å². The standard InChI is InChI=1S/C24H24BrN3O5S/c1-6-32-23(30)19-13(2)26-24-28(20(19)14-7-9-15(31-5)10-8-14)21(29)18(34-24)12-16-11-17(25)22(33-16)27(3)4/h7-12,20H,6H2,1-5H3/b18-12+/t20-/m1/s1. The van der Waals surface area contributed by atoms with Crippen LogP contribution >= 0.6 is 27.3 Å². The van der Waals surface area contributed by atoms with Crippen molar-refractivity contribution in [1.29, 1.82) is 0 Å². The van der Waals surface area contributed by atoms with Gasteiger partial charge in [0.15, 0.2) is 4.80 Å². The number of hydrogen-bond acceptors (Lipinski definition) is 8. The first-order valence-electron chi connectivity index (χ1n) is 10.6. The molecule has 1 aliphatic heterocycles. The SMILES string of the molecule is CCOC(=O)C1=C(C)N=c2s/c(=C/c3cc(Br)c(N(C)C)o3)c(=O)n2[C@@H]1c1ccc(OC)cc1. The number of aromatic nitrogens is 1. The van der Waals surface area contributed by atoms with Gasteiger partial charge in [-0.3, -0.25) is 9.36 Å². The summed E-state index contributed by atoms with van der Waals surface area (Å²) in [4.78, 5) is 33.4. The van der Waals surface area contributed by atoms with Crippen LogP contribution in [0.5, 0.6) is 5.75 Å². The maximum Gasteiger partial charge on any atom is 0.338 e. The summed E-state index contributed by atoms with van der Waals surface area (Å²) < 4.78 is 19.2. The second kappa shape index (κ2) is 9.63. The number of hydrogen-bond donors (Lipinski definition) is 0. The third-order valence-corrected chi connectivity index (χ3v) is 6.87. The quantitative estimate of drug-likeness (QED) is 0.442. The summed E-state index contributed by atoms with van der Waals surface area (Å²) in [6, 6.07) is 8.41. The van der Waals surface area contributed by atoms with Crippen LogP contribution in [0.15, 0.2) is 60.3 Å². The summed E-state index contributed by atoms with van der Waals surface area (Å²) in [5.41, 5.74) is 1.34. The van der Waals surface area contributed by atoms with E-state index >= 15 is 0 Å². The molecule has 1 atom stereocenters. The number of fused-ring (bicyclic) bond motifs is 1. The highest BCUT2D eigenvalue weighted by Crippen LogP contribution is 2.32. The maximum absolute atomic E-state index is 13.6. The summed E-state index contributed by atoms with van der Waals surface area (Å²) in [7, 11) is 5.33. The average Bonchev–Trinajstić information content (AvgIpc) is 3.32. The molecule has 34 heavy (non-hydrogen) atoms. The maximum atomic E-state index is 13.6. The predicted octanol–water partition coefficient (Wildman–Crippen LogP) is 3.23. The van der Waals surface area contributed by atoms with Crippen molar-refractivity contribution in [1.82, 2.24) is 4.57 Å². The number of carbonyl (C=O) groups is 1. The zero-order valence-corrected chi connectivity index (χ0v) is 21.8. The lowest BCUT2D eigenvalue weighted by atomic mass is 9.96. The van der Waals surface area contributed by atoms with Gasteiger partial charge in [-0.1, -0.05) is 23.5 Å². The Bertz CT molecular complexity index is 1450. The Labute approximate surface area is 208 Å². The molecule has 3 aromatic rings. The van der Waals surface area contributed by atoms with Crippen molar-refractivity contribution >= 4 is 45.2 Å². The molecule has 4 rings (SSSR count). The van der Waals surface area contributed by atoms with Crippen LogP contribution < -0.4 is 24.5 Å². The fraction of sp³-hybridized carbons (Fsp3) is 0.292. The first-order valence-corrected chi connectivity index (χ1v) is 12.2. The molecule has 1 aliphatic rings. The lowest BCUT2D eigenvalue weighted by molar-refractivity contribution is -0.139. The van der Waals surface area contributed by atoms with E-state index in [-0.39, 0.29) is 12.2 Å². The number of nitrogens with zero attached hydrogens (tertiary/aromatic N) is 3. The molecule has 1 aromatic carbocycles. The Hall–Kier alpha value is -3.11. The van der Waals surface area contributed by atoms with Gasteiger partial charge in [-0.05, 0) is 47.5 Å². The van der Waals surface area contributed by atoms with Gasteiger partial charge in [-0.2, -0.15) is 0 Å². The van der Waals surface area contributed by atoms with Crippen molar-refractivity contribution < 1.29 is 18.7 Å². The number of esters is 1. The molecule has 0 saturated heterocycles. The molecular weight excluding hydrogens is 522 g/mol. The molecule has 0 amide bonds. The van der Waals surface area contributed by atoms with Gasteiger partial charge in [-0.25, -0.2) is 9.79 Å². The second-order valence-electron chi connectivity index (χ2n) is 7.77. The van der Waals surface area contributed by atoms with Crippen LogP contribution in [0.3, 0.4) is 0 Å². The summed E-state index contributed by atoms with van der Waals surface area (Å²) in [5, 5.41) is 0. The van der Waals surface area contributed by atoms with Crippen molar-refractivity contribution in [2.24, 2.45) is 4.99 Å². The highest BCUT2D eigenvalue weighted by atomic mass is 79.9. The molecule has 0 unspecified atom stereocenters. The van der Waals surface area contributed by atoms with Gasteiger partial charge < -0.3 is 18.8 Å². The Balaban J connectivity index is 1.92. The van der Waals surface area contributed by atoms with E-state index in [1.165, 1.54) is 11.3 Å². The lowest BCUT2D eigenvalue weighted by Crippen LogP contribution is -2.39. The van der Waals surface area contributed by atoms with Gasteiger partial charge in [0.2, 0.25) is 5.88 Å². The van der Waals surface area contributed by atoms with Crippen molar-refractivity contribution in [2.45, 2.75) is 19.9 Å². The van der Waals surface area contributed by atoms with E-state index in [0.717, 1.165) is 10.0 Å². The zero-order valence-electron chi connectivity index (χ0n) is 19.4. The Morgan fingerprint density at radius 2 is 2.03 bits per heavy atom. The minimum Gasteiger partial charge on any atom is -0.497 e. The normalized spacial score (nSPS) is 15.7. The molecule has 0 saturated carbocycles. The summed E-state index contributed by atoms with van der Waals surface area (Å²) >= 11 is 4.73. The van der Waals surface area contributed by atoms with Crippen molar-refractivity contribution in [3.63, 3.8) is 0 Å². The first kappa shape index (κ1) is 24.0. The second-order valence-corrected chi connectivity index (χ2v) is 9.64. The first-order chi connectivity index (χ1) is 16.2. The Morgan fingerprint density at radius 3 is 2.62 bits per heavy atom. The minimum absolute atomic E-state index is 0.219. The van der Waals surface area contributed by atoms with Crippen LogP contribution in [0.25, 0.3) is 6.08 Å². The summed E-state index contributed by atoms with van der Waals surface area (Å²) in [6.45, 7) is 3.72. The van der Waals surface area contributed by atoms with Gasteiger partial charge in [0.1, 0.15) is 11.5 Å². The van der Waals surface area contributed by atoms with E-state index in [1.54, 1.807) is 43.7 Å². The highest BCUT2D eigenvalue weighted by Gasteiger charge is 2.33. The van der Waals surface area contributed by atoms with Crippen LogP contribution in [0, 0.1) is 0 Å². The average molecular weight is 546 g/mol. The fourth-order valence-corrected chi connectivity index (χ4v) is 5.46. The molecule has 2 aromatic heterocycles. The topological polar surface area (TPSA) is 86.3 Å². The van der Waals surface area contributed by atoms with Crippen molar-refractivity contribution in [3.05, 3.63) is 77.1 Å². The molecule has 0 bridgehead atoms. The number of methoxy groups -OCH3 is 1. The number of carbonyl (C=O) groups excluding carboxylic acids is 1. The number of ether oxygens (including phenoxy) is 2. The monoisotopic (exact) mass is 545 g/mol. The molecule has 0 radical (unpaired) electrons. The van der Waals surface area contributed by atoms with Crippen molar-refractivity contribution in [2.75, 3.05) is 32.7 Å². The van der Waals surface area contributed by atoms with E-state index < -0.39 is 12.0 Å². The number of allylic oxidation sites excluding steroid dienone is 1. The van der Waals surface area contributed by atoms with Gasteiger partial charge >= 0.3 is 5.97 Å². The smallest absolute Gasteiger partial charge is 0.338 e. The molecule has 0 spiro atoms. The molecule has 0 aliphatic carbocycles. The molecule has 0 fully saturated rings. The number of halogens is 1. The molecule has 3 heterocycles. The number of benzene rings is 1. The van der Waals surface area contributed by atoms with Gasteiger partial charge in [0.05, 0.1) is 40.0 Å². The minimum atomic E-state index is -0.677. The largest absolute Gasteiger partial charge is 0.497 e. The Morgan fingerprint density at radius 1 is 1.32 bits per heavy atom. The molecular formula is C24H24BrN3O5S. The lowest BCUT2D eigenvalue weighted by Gasteiger charge is -2.24. The highest BCUT2D eigenvalue weighted by molar-refractivity contribution is 9.10. The van der Waals surface area contributed by atoms with E-state index in [4.69, 9.17) is 13.9 Å². The summed E-state index contributed by atoms with van der Waals surface area (Å²) in [6.07, 6.45) is 1.69. The van der Waals surface area contributed by atoms with Gasteiger partial charge in [-0.15, -0.1) is 0 Å². The summed E-state index contributed by atoms with van der Waals surface area (Å²) in [5.74, 6) is 1.36. The van der Waals surface area contributed by atoms with Crippen LogP contribution in [0.1, 0.15) is 31.2 Å². The van der Waals surface area contributed by atoms with Gasteiger partial charge in [0, 0.05) is 26.2 Å². The van der Waals surface area contributed by atoms with E-state index in [2.05, 4.69) is 20.9 Å². The predicted molar refractivity (Wildman–Crippen MR) is 134 cm³/mol. The van der Waals surface area contributed by atoms with Crippen LogP contribution in [0.2, 0.25) is 0 Å². The van der Waals surface area contributed by atoms with Crippen LogP contribution in [-0.4, -0.2) is 38.3 Å². The van der Waals surface area contributed by atoms with Crippen molar-refractivity contribution in [3.8, 4) is 5.75 Å². The molecule has 8 nitrogen and oxygen atoms in total. The number of rotatable bonds is 6. The van der Waals surface area contributed by atoms with E-state index in [1.807, 2.05) is 37.2 Å².